The van der Waals surface area contributed by atoms with Crippen molar-refractivity contribution in [3.8, 4) is 11.3 Å². The summed E-state index contributed by atoms with van der Waals surface area (Å²) < 4.78 is 41.8. The van der Waals surface area contributed by atoms with Gasteiger partial charge in [0.1, 0.15) is 17.5 Å². The van der Waals surface area contributed by atoms with Crippen LogP contribution >= 0.6 is 0 Å². The SMILES string of the molecule is CC[C@H](N)C(=O)NC[C@H]1C[C@H](c2c(-c3ccc(F)cc3)[nH]c3c(F)cc(F)cc32)C1. The van der Waals surface area contributed by atoms with E-state index in [-0.39, 0.29) is 29.1 Å². The summed E-state index contributed by atoms with van der Waals surface area (Å²) in [4.78, 5) is 15.0. The van der Waals surface area contributed by atoms with Crippen molar-refractivity contribution in [2.45, 2.75) is 38.1 Å². The summed E-state index contributed by atoms with van der Waals surface area (Å²) in [6.45, 7) is 2.38. The Kier molecular flexibility index (Phi) is 5.56. The Labute approximate surface area is 172 Å². The third kappa shape index (κ3) is 3.81. The Morgan fingerprint density at radius 1 is 1.17 bits per heavy atom. The van der Waals surface area contributed by atoms with Crippen molar-refractivity contribution in [1.82, 2.24) is 10.3 Å². The van der Waals surface area contributed by atoms with Gasteiger partial charge in [-0.3, -0.25) is 4.79 Å². The van der Waals surface area contributed by atoms with Gasteiger partial charge in [-0.05, 0) is 72.6 Å². The van der Waals surface area contributed by atoms with E-state index in [0.717, 1.165) is 24.5 Å². The van der Waals surface area contributed by atoms with Crippen LogP contribution in [0, 0.1) is 23.4 Å². The molecule has 1 saturated carbocycles. The molecule has 4 nitrogen and oxygen atoms in total. The van der Waals surface area contributed by atoms with Crippen LogP contribution in [0.15, 0.2) is 36.4 Å². The number of nitrogens with one attached hydrogen (secondary N) is 2. The normalized spacial score (nSPS) is 19.5. The molecule has 0 aliphatic heterocycles. The van der Waals surface area contributed by atoms with E-state index in [9.17, 15) is 18.0 Å². The largest absolute Gasteiger partial charge is 0.354 e. The number of H-pyrrole nitrogens is 1. The molecule has 4 rings (SSSR count). The minimum atomic E-state index is -0.656. The van der Waals surface area contributed by atoms with Gasteiger partial charge < -0.3 is 16.0 Å². The Bertz CT molecular complexity index is 1070. The van der Waals surface area contributed by atoms with Gasteiger partial charge in [-0.15, -0.1) is 0 Å². The summed E-state index contributed by atoms with van der Waals surface area (Å²) in [5.74, 6) is -1.46. The predicted octanol–water partition coefficient (Wildman–Crippen LogP) is 4.60. The minimum absolute atomic E-state index is 0.0850. The molecule has 1 atom stereocenters. The van der Waals surface area contributed by atoms with E-state index in [0.29, 0.717) is 29.6 Å². The second-order valence-electron chi connectivity index (χ2n) is 8.02. The quantitative estimate of drug-likeness (QED) is 0.551. The van der Waals surface area contributed by atoms with Crippen LogP contribution < -0.4 is 11.1 Å². The predicted molar refractivity (Wildman–Crippen MR) is 110 cm³/mol. The average Bonchev–Trinajstić information content (AvgIpc) is 3.06. The second kappa shape index (κ2) is 8.14. The molecule has 1 aliphatic carbocycles. The van der Waals surface area contributed by atoms with Crippen molar-refractivity contribution in [2.75, 3.05) is 6.54 Å². The first-order chi connectivity index (χ1) is 14.4. The Hall–Kier alpha value is -2.80. The highest BCUT2D eigenvalue weighted by molar-refractivity contribution is 5.92. The maximum Gasteiger partial charge on any atom is 0.236 e. The smallest absolute Gasteiger partial charge is 0.236 e. The van der Waals surface area contributed by atoms with E-state index in [1.807, 2.05) is 6.92 Å². The van der Waals surface area contributed by atoms with Crippen molar-refractivity contribution >= 4 is 16.8 Å². The van der Waals surface area contributed by atoms with E-state index in [1.54, 1.807) is 12.1 Å². The minimum Gasteiger partial charge on any atom is -0.354 e. The highest BCUT2D eigenvalue weighted by Gasteiger charge is 2.35. The molecule has 158 valence electrons. The lowest BCUT2D eigenvalue weighted by molar-refractivity contribution is -0.122. The zero-order valence-electron chi connectivity index (χ0n) is 16.6. The first kappa shape index (κ1) is 20.5. The van der Waals surface area contributed by atoms with Gasteiger partial charge in [-0.25, -0.2) is 13.2 Å². The first-order valence-corrected chi connectivity index (χ1v) is 10.2. The van der Waals surface area contributed by atoms with Crippen LogP contribution in [0.25, 0.3) is 22.2 Å². The summed E-state index contributed by atoms with van der Waals surface area (Å²) in [5, 5.41) is 3.38. The van der Waals surface area contributed by atoms with Gasteiger partial charge in [0, 0.05) is 18.0 Å². The Morgan fingerprint density at radius 2 is 1.87 bits per heavy atom. The van der Waals surface area contributed by atoms with Crippen molar-refractivity contribution in [3.05, 3.63) is 59.4 Å². The van der Waals surface area contributed by atoms with Gasteiger partial charge in [0.15, 0.2) is 0 Å². The molecule has 0 unspecified atom stereocenters. The topological polar surface area (TPSA) is 70.9 Å². The molecule has 1 amide bonds. The maximum absolute atomic E-state index is 14.4. The molecular formula is C23H24F3N3O. The van der Waals surface area contributed by atoms with Crippen LogP contribution in [0.1, 0.15) is 37.7 Å². The highest BCUT2D eigenvalue weighted by Crippen LogP contribution is 2.48. The molecule has 1 aliphatic rings. The molecular weight excluding hydrogens is 391 g/mol. The Morgan fingerprint density at radius 3 is 2.53 bits per heavy atom. The number of rotatable bonds is 6. The highest BCUT2D eigenvalue weighted by atomic mass is 19.1. The molecule has 0 spiro atoms. The summed E-state index contributed by atoms with van der Waals surface area (Å²) in [7, 11) is 0. The number of carbonyl (C=O) groups excluding carboxylic acids is 1. The number of fused-ring (bicyclic) bond motifs is 1. The lowest BCUT2D eigenvalue weighted by Gasteiger charge is -2.36. The van der Waals surface area contributed by atoms with E-state index in [1.165, 1.54) is 18.2 Å². The van der Waals surface area contributed by atoms with Crippen molar-refractivity contribution < 1.29 is 18.0 Å². The molecule has 1 aromatic heterocycles. The molecule has 1 fully saturated rings. The van der Waals surface area contributed by atoms with E-state index >= 15 is 0 Å². The number of nitrogens with two attached hydrogens (primary N) is 1. The molecule has 30 heavy (non-hydrogen) atoms. The van der Waals surface area contributed by atoms with Gasteiger partial charge in [0.25, 0.3) is 0 Å². The summed E-state index contributed by atoms with van der Waals surface area (Å²) in [6.07, 6.45) is 2.13. The van der Waals surface area contributed by atoms with Gasteiger partial charge in [0.2, 0.25) is 5.91 Å². The number of aromatic amines is 1. The van der Waals surface area contributed by atoms with Gasteiger partial charge >= 0.3 is 0 Å². The molecule has 2 aromatic carbocycles. The van der Waals surface area contributed by atoms with Gasteiger partial charge in [-0.2, -0.15) is 0 Å². The molecule has 4 N–H and O–H groups in total. The number of benzene rings is 2. The standard InChI is InChI=1S/C23H24F3N3O/c1-2-19(27)23(30)28-11-12-7-14(8-12)20-17-9-16(25)10-18(26)22(17)29-21(20)13-3-5-15(24)6-4-13/h3-6,9-10,12,14,19,29H,2,7-8,11,27H2,1H3,(H,28,30)/t12-,14-,19-/m0/s1. The molecule has 7 heteroatoms. The number of hydrogen-bond acceptors (Lipinski definition) is 2. The molecule has 0 radical (unpaired) electrons. The number of aromatic nitrogens is 1. The van der Waals surface area contributed by atoms with Crippen LogP contribution in [0.4, 0.5) is 13.2 Å². The molecule has 0 saturated heterocycles. The molecule has 3 aromatic rings. The van der Waals surface area contributed by atoms with Crippen LogP contribution in [0.3, 0.4) is 0 Å². The Balaban J connectivity index is 1.61. The fraction of sp³-hybridized carbons (Fsp3) is 0.348. The molecule has 1 heterocycles. The fourth-order valence-corrected chi connectivity index (χ4v) is 4.21. The number of carbonyl (C=O) groups is 1. The lowest BCUT2D eigenvalue weighted by atomic mass is 9.70. The van der Waals surface area contributed by atoms with E-state index in [2.05, 4.69) is 10.3 Å². The van der Waals surface area contributed by atoms with Crippen LogP contribution in [-0.4, -0.2) is 23.5 Å². The fourth-order valence-electron chi connectivity index (χ4n) is 4.21. The van der Waals surface area contributed by atoms with Crippen molar-refractivity contribution in [3.63, 3.8) is 0 Å². The van der Waals surface area contributed by atoms with Crippen LogP contribution in [0.2, 0.25) is 0 Å². The zero-order valence-corrected chi connectivity index (χ0v) is 16.6. The zero-order chi connectivity index (χ0) is 21.4. The maximum atomic E-state index is 14.4. The van der Waals surface area contributed by atoms with Crippen molar-refractivity contribution in [2.24, 2.45) is 11.7 Å². The number of halogens is 3. The third-order valence-corrected chi connectivity index (χ3v) is 5.98. The second-order valence-corrected chi connectivity index (χ2v) is 8.02. The summed E-state index contributed by atoms with van der Waals surface area (Å²) >= 11 is 0. The summed E-state index contributed by atoms with van der Waals surface area (Å²) in [5.41, 5.74) is 8.21. The van der Waals surface area contributed by atoms with Gasteiger partial charge in [-0.1, -0.05) is 6.92 Å². The first-order valence-electron chi connectivity index (χ1n) is 10.2. The van der Waals surface area contributed by atoms with Crippen molar-refractivity contribution in [1.29, 1.82) is 0 Å². The number of hydrogen-bond donors (Lipinski definition) is 3. The third-order valence-electron chi connectivity index (χ3n) is 5.98. The van der Waals surface area contributed by atoms with Gasteiger partial charge in [0.05, 0.1) is 17.3 Å². The monoisotopic (exact) mass is 415 g/mol. The van der Waals surface area contributed by atoms with Crippen LogP contribution in [-0.2, 0) is 4.79 Å². The van der Waals surface area contributed by atoms with Crippen LogP contribution in [0.5, 0.6) is 0 Å². The van der Waals surface area contributed by atoms with E-state index < -0.39 is 17.7 Å². The number of amides is 1. The average molecular weight is 415 g/mol. The van der Waals surface area contributed by atoms with E-state index in [4.69, 9.17) is 5.73 Å². The summed E-state index contributed by atoms with van der Waals surface area (Å²) in [6, 6.07) is 7.63. The molecule has 0 bridgehead atoms. The lowest BCUT2D eigenvalue weighted by Crippen LogP contribution is -2.43.